The second-order valence-corrected chi connectivity index (χ2v) is 5.46. The van der Waals surface area contributed by atoms with Crippen LogP contribution in [0.4, 0.5) is 0 Å². The Morgan fingerprint density at radius 3 is 3.00 bits per heavy atom. The summed E-state index contributed by atoms with van der Waals surface area (Å²) < 4.78 is 1.61. The Morgan fingerprint density at radius 2 is 2.25 bits per heavy atom. The molecule has 0 unspecified atom stereocenters. The SMILES string of the molecule is Cn1ncc(C(=O)O)c1CSc1cc2ccccc2[nH]1. The van der Waals surface area contributed by atoms with Gasteiger partial charge in [0.05, 0.1) is 16.9 Å². The standard InChI is InChI=1S/C14H13N3O2S/c1-17-12(10(7-15-17)14(18)19)8-20-13-6-9-4-2-3-5-11(9)16-13/h2-7,16H,8H2,1H3,(H,18,19). The van der Waals surface area contributed by atoms with E-state index in [0.29, 0.717) is 11.4 Å². The molecule has 0 fully saturated rings. The second-order valence-electron chi connectivity index (χ2n) is 4.44. The molecule has 0 saturated carbocycles. The lowest BCUT2D eigenvalue weighted by molar-refractivity contribution is 0.0696. The molecule has 2 aromatic heterocycles. The molecule has 20 heavy (non-hydrogen) atoms. The van der Waals surface area contributed by atoms with Gasteiger partial charge < -0.3 is 10.1 Å². The van der Waals surface area contributed by atoms with Crippen molar-refractivity contribution < 1.29 is 9.90 Å². The number of nitrogens with one attached hydrogen (secondary N) is 1. The Kier molecular flexibility index (Phi) is 3.23. The molecule has 0 aliphatic heterocycles. The van der Waals surface area contributed by atoms with Gasteiger partial charge in [0.25, 0.3) is 0 Å². The van der Waals surface area contributed by atoms with E-state index in [9.17, 15) is 4.79 Å². The first-order valence-corrected chi connectivity index (χ1v) is 7.08. The number of thioether (sulfide) groups is 1. The average molecular weight is 287 g/mol. The fourth-order valence-electron chi connectivity index (χ4n) is 2.08. The van der Waals surface area contributed by atoms with E-state index in [4.69, 9.17) is 5.11 Å². The summed E-state index contributed by atoms with van der Waals surface area (Å²) in [6.07, 6.45) is 1.39. The van der Waals surface area contributed by atoms with E-state index >= 15 is 0 Å². The molecular weight excluding hydrogens is 274 g/mol. The smallest absolute Gasteiger partial charge is 0.339 e. The van der Waals surface area contributed by atoms with E-state index < -0.39 is 5.97 Å². The number of aromatic carboxylic acids is 1. The number of hydrogen-bond donors (Lipinski definition) is 2. The summed E-state index contributed by atoms with van der Waals surface area (Å²) >= 11 is 1.57. The highest BCUT2D eigenvalue weighted by Gasteiger charge is 2.15. The summed E-state index contributed by atoms with van der Waals surface area (Å²) in [5.41, 5.74) is 2.05. The fourth-order valence-corrected chi connectivity index (χ4v) is 3.11. The van der Waals surface area contributed by atoms with Gasteiger partial charge in [-0.05, 0) is 12.1 Å². The highest BCUT2D eigenvalue weighted by Crippen LogP contribution is 2.27. The van der Waals surface area contributed by atoms with Gasteiger partial charge in [-0.15, -0.1) is 11.8 Å². The van der Waals surface area contributed by atoms with E-state index in [-0.39, 0.29) is 5.56 Å². The Labute approximate surface area is 119 Å². The van der Waals surface area contributed by atoms with E-state index in [1.54, 1.807) is 23.5 Å². The minimum atomic E-state index is -0.939. The van der Waals surface area contributed by atoms with Crippen molar-refractivity contribution in [2.75, 3.05) is 0 Å². The third-order valence-corrected chi connectivity index (χ3v) is 4.11. The maximum absolute atomic E-state index is 11.1. The van der Waals surface area contributed by atoms with Crippen molar-refractivity contribution in [3.05, 3.63) is 47.8 Å². The van der Waals surface area contributed by atoms with Gasteiger partial charge >= 0.3 is 5.97 Å². The summed E-state index contributed by atoms with van der Waals surface area (Å²) in [4.78, 5) is 14.4. The van der Waals surface area contributed by atoms with E-state index in [2.05, 4.69) is 16.1 Å². The Balaban J connectivity index is 1.82. The van der Waals surface area contributed by atoms with Crippen LogP contribution in [0.5, 0.6) is 0 Å². The van der Waals surface area contributed by atoms with Crippen molar-refractivity contribution >= 4 is 28.6 Å². The number of aromatic nitrogens is 3. The van der Waals surface area contributed by atoms with E-state index in [1.165, 1.54) is 6.20 Å². The van der Waals surface area contributed by atoms with Gasteiger partial charge in [-0.2, -0.15) is 5.10 Å². The van der Waals surface area contributed by atoms with Gasteiger partial charge in [0, 0.05) is 23.7 Å². The van der Waals surface area contributed by atoms with Crippen LogP contribution < -0.4 is 0 Å². The molecule has 0 amide bonds. The average Bonchev–Trinajstić information content (AvgIpc) is 2.99. The zero-order valence-corrected chi connectivity index (χ0v) is 11.6. The summed E-state index contributed by atoms with van der Waals surface area (Å²) in [5.74, 6) is -0.379. The van der Waals surface area contributed by atoms with Crippen LogP contribution >= 0.6 is 11.8 Å². The van der Waals surface area contributed by atoms with Crippen molar-refractivity contribution in [1.29, 1.82) is 0 Å². The number of carboxylic acids is 1. The topological polar surface area (TPSA) is 70.9 Å². The molecule has 0 radical (unpaired) electrons. The predicted molar refractivity (Wildman–Crippen MR) is 78.0 cm³/mol. The zero-order valence-electron chi connectivity index (χ0n) is 10.8. The molecule has 5 nitrogen and oxygen atoms in total. The highest BCUT2D eigenvalue weighted by atomic mass is 32.2. The molecule has 0 spiro atoms. The lowest BCUT2D eigenvalue weighted by Gasteiger charge is -2.02. The normalized spacial score (nSPS) is 11.1. The second kappa shape index (κ2) is 5.05. The molecule has 0 aliphatic carbocycles. The number of carbonyl (C=O) groups is 1. The number of rotatable bonds is 4. The van der Waals surface area contributed by atoms with Gasteiger partial charge in [-0.1, -0.05) is 18.2 Å². The number of carboxylic acid groups (broad SMARTS) is 1. The highest BCUT2D eigenvalue weighted by molar-refractivity contribution is 7.98. The van der Waals surface area contributed by atoms with Crippen LogP contribution in [0.1, 0.15) is 16.1 Å². The minimum Gasteiger partial charge on any atom is -0.478 e. The fraction of sp³-hybridized carbons (Fsp3) is 0.143. The molecule has 0 saturated heterocycles. The summed E-state index contributed by atoms with van der Waals surface area (Å²) in [6.45, 7) is 0. The lowest BCUT2D eigenvalue weighted by Crippen LogP contribution is -2.03. The summed E-state index contributed by atoms with van der Waals surface area (Å²) in [7, 11) is 1.76. The summed E-state index contributed by atoms with van der Waals surface area (Å²) in [6, 6.07) is 10.1. The number of nitrogens with zero attached hydrogens (tertiary/aromatic N) is 2. The quantitative estimate of drug-likeness (QED) is 0.724. The Morgan fingerprint density at radius 1 is 1.45 bits per heavy atom. The monoisotopic (exact) mass is 287 g/mol. The third-order valence-electron chi connectivity index (χ3n) is 3.16. The maximum Gasteiger partial charge on any atom is 0.339 e. The summed E-state index contributed by atoms with van der Waals surface area (Å²) in [5, 5.41) is 15.3. The van der Waals surface area contributed by atoms with Crippen LogP contribution in [-0.4, -0.2) is 25.8 Å². The van der Waals surface area contributed by atoms with Crippen molar-refractivity contribution in [3.8, 4) is 0 Å². The van der Waals surface area contributed by atoms with Crippen LogP contribution in [0.15, 0.2) is 41.6 Å². The van der Waals surface area contributed by atoms with Crippen LogP contribution in [0.2, 0.25) is 0 Å². The van der Waals surface area contributed by atoms with Crippen molar-refractivity contribution in [2.45, 2.75) is 10.8 Å². The first kappa shape index (κ1) is 12.8. The molecular formula is C14H13N3O2S. The zero-order chi connectivity index (χ0) is 14.1. The van der Waals surface area contributed by atoms with Crippen molar-refractivity contribution in [2.24, 2.45) is 7.05 Å². The molecule has 0 atom stereocenters. The number of aromatic amines is 1. The number of H-pyrrole nitrogens is 1. The molecule has 2 N–H and O–H groups in total. The predicted octanol–water partition coefficient (Wildman–Crippen LogP) is 2.89. The molecule has 3 rings (SSSR count). The van der Waals surface area contributed by atoms with Gasteiger partial charge in [-0.25, -0.2) is 4.79 Å². The molecule has 1 aromatic carbocycles. The lowest BCUT2D eigenvalue weighted by atomic mass is 10.3. The van der Waals surface area contributed by atoms with E-state index in [1.807, 2.05) is 24.3 Å². The maximum atomic E-state index is 11.1. The number of aryl methyl sites for hydroxylation is 1. The van der Waals surface area contributed by atoms with Crippen LogP contribution in [0.25, 0.3) is 10.9 Å². The first-order chi connectivity index (χ1) is 9.65. The molecule has 6 heteroatoms. The molecule has 0 aliphatic rings. The van der Waals surface area contributed by atoms with E-state index in [0.717, 1.165) is 15.9 Å². The number of fused-ring (bicyclic) bond motifs is 1. The third kappa shape index (κ3) is 2.30. The van der Waals surface area contributed by atoms with Gasteiger partial charge in [-0.3, -0.25) is 4.68 Å². The van der Waals surface area contributed by atoms with Crippen molar-refractivity contribution in [3.63, 3.8) is 0 Å². The number of hydrogen-bond acceptors (Lipinski definition) is 3. The van der Waals surface area contributed by atoms with Crippen LogP contribution in [0.3, 0.4) is 0 Å². The minimum absolute atomic E-state index is 0.260. The van der Waals surface area contributed by atoms with Crippen LogP contribution in [-0.2, 0) is 12.8 Å². The Bertz CT molecular complexity index is 743. The number of benzene rings is 1. The van der Waals surface area contributed by atoms with Crippen molar-refractivity contribution in [1.82, 2.24) is 14.8 Å². The first-order valence-electron chi connectivity index (χ1n) is 6.10. The number of para-hydroxylation sites is 1. The largest absolute Gasteiger partial charge is 0.478 e. The molecule has 3 aromatic rings. The van der Waals surface area contributed by atoms with Gasteiger partial charge in [0.1, 0.15) is 5.56 Å². The van der Waals surface area contributed by atoms with Gasteiger partial charge in [0.15, 0.2) is 0 Å². The molecule has 0 bridgehead atoms. The molecule has 2 heterocycles. The van der Waals surface area contributed by atoms with Crippen LogP contribution in [0, 0.1) is 0 Å². The molecule has 102 valence electrons. The van der Waals surface area contributed by atoms with Gasteiger partial charge in [0.2, 0.25) is 0 Å². The Hall–Kier alpha value is -2.21.